The van der Waals surface area contributed by atoms with Gasteiger partial charge < -0.3 is 9.05 Å². The number of anilines is 1. The second kappa shape index (κ2) is 3.50. The number of carbonyl (C=O) groups excluding carboxylic acids is 2. The van der Waals surface area contributed by atoms with E-state index in [1.807, 2.05) is 0 Å². The van der Waals surface area contributed by atoms with Crippen molar-refractivity contribution >= 4 is 36.6 Å². The molecule has 0 saturated carbocycles. The second-order valence-corrected chi connectivity index (χ2v) is 5.70. The monoisotopic (exact) mass is 311 g/mol. The van der Waals surface area contributed by atoms with Crippen LogP contribution in [0.5, 0.6) is 12.0 Å². The maximum Gasteiger partial charge on any atom is 0.671 e. The first kappa shape index (κ1) is 12.1. The maximum absolute atomic E-state index is 12.1. The number of fused-ring (bicyclic) bond motifs is 1. The molecule has 108 valence electrons. The van der Waals surface area contributed by atoms with E-state index in [2.05, 4.69) is 15.0 Å². The Balaban J connectivity index is 2.09. The Kier molecular flexibility index (Phi) is 2.01. The Bertz CT molecular complexity index is 876. The van der Waals surface area contributed by atoms with Crippen molar-refractivity contribution in [2.75, 3.05) is 4.90 Å². The molecule has 21 heavy (non-hydrogen) atoms. The third-order valence-corrected chi connectivity index (χ3v) is 3.95. The van der Waals surface area contributed by atoms with Gasteiger partial charge in [0.05, 0.1) is 0 Å². The first-order valence-electron chi connectivity index (χ1n) is 5.69. The van der Waals surface area contributed by atoms with Crippen molar-refractivity contribution in [2.45, 2.75) is 13.8 Å². The van der Waals surface area contributed by atoms with Gasteiger partial charge in [0.1, 0.15) is 0 Å². The van der Waals surface area contributed by atoms with Crippen LogP contribution in [0.1, 0.15) is 13.8 Å². The molecule has 2 aromatic rings. The zero-order chi connectivity index (χ0) is 14.9. The van der Waals surface area contributed by atoms with Gasteiger partial charge in [-0.1, -0.05) is 0 Å². The van der Waals surface area contributed by atoms with Gasteiger partial charge in [0.25, 0.3) is 0 Å². The molecule has 11 nitrogen and oxygen atoms in total. The molecule has 6 heterocycles. The number of amides is 2. The molecule has 2 aromatic heterocycles. The number of imidazole rings is 1. The average molecular weight is 311 g/mol. The van der Waals surface area contributed by atoms with E-state index in [9.17, 15) is 14.2 Å². The van der Waals surface area contributed by atoms with Crippen LogP contribution in [0.2, 0.25) is 0 Å². The van der Waals surface area contributed by atoms with Crippen molar-refractivity contribution in [3.05, 3.63) is 0 Å². The van der Waals surface area contributed by atoms with Crippen LogP contribution in [0.3, 0.4) is 0 Å². The van der Waals surface area contributed by atoms with Crippen molar-refractivity contribution in [1.82, 2.24) is 19.7 Å². The average Bonchev–Trinajstić information content (AvgIpc) is 2.79. The molecule has 1 atom stereocenters. The lowest BCUT2D eigenvalue weighted by Crippen LogP contribution is -2.34. The van der Waals surface area contributed by atoms with E-state index in [1.165, 1.54) is 13.8 Å². The van der Waals surface area contributed by atoms with Crippen LogP contribution >= 0.6 is 7.82 Å². The lowest BCUT2D eigenvalue weighted by atomic mass is 10.4. The van der Waals surface area contributed by atoms with Gasteiger partial charge in [-0.3, -0.25) is 14.2 Å². The molecule has 0 spiro atoms. The summed E-state index contributed by atoms with van der Waals surface area (Å²) in [7, 11) is -3.92. The highest BCUT2D eigenvalue weighted by Crippen LogP contribution is 2.54. The summed E-state index contributed by atoms with van der Waals surface area (Å²) in [6.45, 7) is 2.40. The molecule has 6 rings (SSSR count). The summed E-state index contributed by atoms with van der Waals surface area (Å²) in [6.07, 6.45) is 0. The highest BCUT2D eigenvalue weighted by Gasteiger charge is 2.48. The van der Waals surface area contributed by atoms with Crippen LogP contribution < -0.4 is 18.6 Å². The molecule has 2 amide bonds. The van der Waals surface area contributed by atoms with Gasteiger partial charge in [-0.05, 0) is 0 Å². The molecule has 4 aliphatic rings. The van der Waals surface area contributed by atoms with E-state index >= 15 is 0 Å². The van der Waals surface area contributed by atoms with Gasteiger partial charge in [-0.25, -0.2) is 4.90 Å². The zero-order valence-electron chi connectivity index (χ0n) is 10.6. The summed E-state index contributed by atoms with van der Waals surface area (Å²) in [6, 6.07) is -0.503. The molecule has 0 N–H and O–H groups in total. The molecular formula is C9H6N5O6P. The molecule has 0 fully saturated rings. The first-order valence-corrected chi connectivity index (χ1v) is 7.15. The minimum absolute atomic E-state index is 0.0782. The Hall–Kier alpha value is -2.68. The zero-order valence-corrected chi connectivity index (χ0v) is 11.5. The van der Waals surface area contributed by atoms with Crippen LogP contribution in [-0.2, 0) is 14.2 Å². The second-order valence-electron chi connectivity index (χ2n) is 4.28. The number of aromatic nitrogens is 4. The number of imide groups is 1. The van der Waals surface area contributed by atoms with E-state index in [4.69, 9.17) is 13.7 Å². The number of phosphoric ester groups is 1. The molecule has 6 bridgehead atoms. The van der Waals surface area contributed by atoms with Crippen LogP contribution in [0.15, 0.2) is 0 Å². The Morgan fingerprint density at radius 3 is 2.52 bits per heavy atom. The predicted octanol–water partition coefficient (Wildman–Crippen LogP) is 0.0472. The number of hydrogen-bond donors (Lipinski definition) is 0. The number of rotatable bonds is 1. The highest BCUT2D eigenvalue weighted by atomic mass is 31.2. The normalized spacial score (nSPS) is 20.9. The number of nitrogens with zero attached hydrogens (tertiary/aromatic N) is 5. The van der Waals surface area contributed by atoms with Gasteiger partial charge >= 0.3 is 19.8 Å². The van der Waals surface area contributed by atoms with Crippen molar-refractivity contribution in [2.24, 2.45) is 0 Å². The lowest BCUT2D eigenvalue weighted by molar-refractivity contribution is -0.124. The van der Waals surface area contributed by atoms with Crippen molar-refractivity contribution < 1.29 is 27.8 Å². The maximum atomic E-state index is 12.1. The third-order valence-electron chi connectivity index (χ3n) is 2.82. The summed E-state index contributed by atoms with van der Waals surface area (Å²) in [5.74, 6) is -1.20. The molecule has 0 aliphatic carbocycles. The van der Waals surface area contributed by atoms with E-state index in [0.29, 0.717) is 0 Å². The lowest BCUT2D eigenvalue weighted by Gasteiger charge is -2.19. The van der Waals surface area contributed by atoms with Crippen LogP contribution in [0.25, 0.3) is 11.2 Å². The minimum Gasteiger partial charge on any atom is -0.348 e. The molecule has 1 unspecified atom stereocenters. The SMILES string of the molecule is CC(=O)N(C(C)=O)c1nc2nc3nc4n(c13)OP(=O)(O2)O4. The molecular weight excluding hydrogens is 305 g/mol. The van der Waals surface area contributed by atoms with E-state index < -0.39 is 19.6 Å². The quantitative estimate of drug-likeness (QED) is 0.671. The van der Waals surface area contributed by atoms with E-state index in [0.717, 1.165) is 9.63 Å². The predicted molar refractivity (Wildman–Crippen MR) is 64.6 cm³/mol. The summed E-state index contributed by atoms with van der Waals surface area (Å²) >= 11 is 0. The van der Waals surface area contributed by atoms with Gasteiger partial charge in [0.15, 0.2) is 17.0 Å². The molecule has 4 aliphatic heterocycles. The van der Waals surface area contributed by atoms with E-state index in [1.54, 1.807) is 0 Å². The largest absolute Gasteiger partial charge is 0.671 e. The fraction of sp³-hybridized carbons (Fsp3) is 0.222. The van der Waals surface area contributed by atoms with Gasteiger partial charge in [-0.15, -0.1) is 4.73 Å². The number of phosphoric acid groups is 1. The summed E-state index contributed by atoms with van der Waals surface area (Å²) in [4.78, 5) is 36.0. The van der Waals surface area contributed by atoms with Crippen molar-refractivity contribution in [3.63, 3.8) is 0 Å². The molecule has 0 radical (unpaired) electrons. The highest BCUT2D eigenvalue weighted by molar-refractivity contribution is 7.49. The fourth-order valence-corrected chi connectivity index (χ4v) is 3.16. The Labute approximate surface area is 116 Å². The number of hydrogen-bond acceptors (Lipinski definition) is 9. The topological polar surface area (TPSA) is 126 Å². The Morgan fingerprint density at radius 2 is 1.86 bits per heavy atom. The Morgan fingerprint density at radius 1 is 1.14 bits per heavy atom. The molecule has 0 saturated heterocycles. The van der Waals surface area contributed by atoms with Crippen molar-refractivity contribution in [1.29, 1.82) is 0 Å². The summed E-state index contributed by atoms with van der Waals surface area (Å²) in [5, 5.41) is 0. The van der Waals surface area contributed by atoms with Gasteiger partial charge in [0, 0.05) is 13.8 Å². The van der Waals surface area contributed by atoms with Crippen LogP contribution in [0, 0.1) is 0 Å². The fourth-order valence-electron chi connectivity index (χ4n) is 2.11. The summed E-state index contributed by atoms with van der Waals surface area (Å²) in [5.41, 5.74) is 0.184. The van der Waals surface area contributed by atoms with E-state index in [-0.39, 0.29) is 29.0 Å². The first-order chi connectivity index (χ1) is 9.88. The summed E-state index contributed by atoms with van der Waals surface area (Å²) < 4.78 is 28.0. The van der Waals surface area contributed by atoms with Crippen molar-refractivity contribution in [3.8, 4) is 12.0 Å². The van der Waals surface area contributed by atoms with Crippen LogP contribution in [0.4, 0.5) is 5.82 Å². The number of carbonyl (C=O) groups is 2. The van der Waals surface area contributed by atoms with Crippen LogP contribution in [-0.4, -0.2) is 31.5 Å². The minimum atomic E-state index is -3.92. The molecule has 0 aromatic carbocycles. The van der Waals surface area contributed by atoms with Gasteiger partial charge in [0.2, 0.25) is 11.8 Å². The van der Waals surface area contributed by atoms with Gasteiger partial charge in [-0.2, -0.15) is 19.5 Å². The third kappa shape index (κ3) is 1.49. The molecule has 12 heteroatoms. The smallest absolute Gasteiger partial charge is 0.348 e. The standard InChI is InChI=1S/C9H6N5O6P/c1-3(15)13(4(2)16)7-5-6-10-8(12-7)18-21(17)19-9(11-6)14(5)20-21/h1-2H3.